The molecule has 0 spiro atoms. The lowest BCUT2D eigenvalue weighted by molar-refractivity contribution is -0.174. The SMILES string of the molecule is CCCCCCOC(=O)C(CC)(CC)C(=O)OCC(CC)CC. The number of esters is 2. The van der Waals surface area contributed by atoms with Gasteiger partial charge < -0.3 is 9.47 Å². The van der Waals surface area contributed by atoms with Gasteiger partial charge in [-0.05, 0) is 25.2 Å². The molecule has 0 aromatic heterocycles. The van der Waals surface area contributed by atoms with E-state index in [1.165, 1.54) is 0 Å². The lowest BCUT2D eigenvalue weighted by Crippen LogP contribution is -2.41. The Labute approximate surface area is 142 Å². The Bertz CT molecular complexity index is 330. The Morgan fingerprint density at radius 3 is 1.87 bits per heavy atom. The molecule has 23 heavy (non-hydrogen) atoms. The van der Waals surface area contributed by atoms with Crippen LogP contribution in [0.3, 0.4) is 0 Å². The van der Waals surface area contributed by atoms with Gasteiger partial charge in [0.15, 0.2) is 5.41 Å². The van der Waals surface area contributed by atoms with Crippen molar-refractivity contribution in [2.75, 3.05) is 13.2 Å². The van der Waals surface area contributed by atoms with E-state index in [4.69, 9.17) is 9.47 Å². The van der Waals surface area contributed by atoms with Crippen LogP contribution >= 0.6 is 0 Å². The van der Waals surface area contributed by atoms with E-state index in [9.17, 15) is 9.59 Å². The molecule has 0 radical (unpaired) electrons. The predicted octanol–water partition coefficient (Wildman–Crippen LogP) is 4.90. The van der Waals surface area contributed by atoms with Crippen molar-refractivity contribution in [2.45, 2.75) is 86.0 Å². The summed E-state index contributed by atoms with van der Waals surface area (Å²) in [6.07, 6.45) is 6.96. The summed E-state index contributed by atoms with van der Waals surface area (Å²) < 4.78 is 10.8. The Kier molecular flexibility index (Phi) is 11.8. The lowest BCUT2D eigenvalue weighted by atomic mass is 9.82. The maximum atomic E-state index is 12.5. The van der Waals surface area contributed by atoms with Crippen molar-refractivity contribution in [1.29, 1.82) is 0 Å². The lowest BCUT2D eigenvalue weighted by Gasteiger charge is -2.27. The molecular weight excluding hydrogens is 292 g/mol. The van der Waals surface area contributed by atoms with Crippen LogP contribution in [0.4, 0.5) is 0 Å². The number of ether oxygens (including phenoxy) is 2. The highest BCUT2D eigenvalue weighted by Crippen LogP contribution is 2.30. The minimum Gasteiger partial charge on any atom is -0.465 e. The number of hydrogen-bond donors (Lipinski definition) is 0. The average Bonchev–Trinajstić information content (AvgIpc) is 2.57. The third-order valence-corrected chi connectivity index (χ3v) is 4.82. The molecule has 136 valence electrons. The first-order valence-corrected chi connectivity index (χ1v) is 9.36. The van der Waals surface area contributed by atoms with Gasteiger partial charge in [-0.25, -0.2) is 0 Å². The van der Waals surface area contributed by atoms with Crippen LogP contribution in [-0.2, 0) is 19.1 Å². The van der Waals surface area contributed by atoms with Gasteiger partial charge in [-0.15, -0.1) is 0 Å². The van der Waals surface area contributed by atoms with Crippen LogP contribution in [0, 0.1) is 11.3 Å². The number of unbranched alkanes of at least 4 members (excludes halogenated alkanes) is 3. The number of hydrogen-bond acceptors (Lipinski definition) is 4. The highest BCUT2D eigenvalue weighted by atomic mass is 16.6. The fourth-order valence-electron chi connectivity index (χ4n) is 2.60. The fraction of sp³-hybridized carbons (Fsp3) is 0.895. The normalized spacial score (nSPS) is 11.6. The molecule has 0 rings (SSSR count). The molecule has 0 saturated heterocycles. The van der Waals surface area contributed by atoms with Crippen molar-refractivity contribution in [1.82, 2.24) is 0 Å². The van der Waals surface area contributed by atoms with Gasteiger partial charge in [0.1, 0.15) is 0 Å². The van der Waals surface area contributed by atoms with E-state index in [-0.39, 0.29) is 0 Å². The third kappa shape index (κ3) is 6.92. The number of rotatable bonds is 13. The smallest absolute Gasteiger partial charge is 0.323 e. The van der Waals surface area contributed by atoms with E-state index < -0.39 is 17.4 Å². The molecule has 0 saturated carbocycles. The predicted molar refractivity (Wildman–Crippen MR) is 93.1 cm³/mol. The highest BCUT2D eigenvalue weighted by Gasteiger charge is 2.46. The third-order valence-electron chi connectivity index (χ3n) is 4.82. The second-order valence-electron chi connectivity index (χ2n) is 6.27. The van der Waals surface area contributed by atoms with Crippen molar-refractivity contribution in [3.63, 3.8) is 0 Å². The van der Waals surface area contributed by atoms with Gasteiger partial charge >= 0.3 is 11.9 Å². The summed E-state index contributed by atoms with van der Waals surface area (Å²) in [5, 5.41) is 0. The van der Waals surface area contributed by atoms with Crippen LogP contribution in [0.2, 0.25) is 0 Å². The van der Waals surface area contributed by atoms with Crippen LogP contribution in [0.15, 0.2) is 0 Å². The van der Waals surface area contributed by atoms with Crippen molar-refractivity contribution in [3.8, 4) is 0 Å². The summed E-state index contributed by atoms with van der Waals surface area (Å²) >= 11 is 0. The monoisotopic (exact) mass is 328 g/mol. The molecule has 4 nitrogen and oxygen atoms in total. The standard InChI is InChI=1S/C19H36O4/c1-6-11-12-13-14-22-17(20)19(9-4,10-5)18(21)23-15-16(7-2)8-3/h16H,6-15H2,1-5H3. The van der Waals surface area contributed by atoms with E-state index >= 15 is 0 Å². The van der Waals surface area contributed by atoms with Gasteiger partial charge in [0.05, 0.1) is 13.2 Å². The van der Waals surface area contributed by atoms with Crippen LogP contribution < -0.4 is 0 Å². The molecule has 0 aliphatic rings. The van der Waals surface area contributed by atoms with E-state index in [1.807, 2.05) is 13.8 Å². The first kappa shape index (κ1) is 21.9. The molecule has 0 heterocycles. The van der Waals surface area contributed by atoms with Gasteiger partial charge in [0.25, 0.3) is 0 Å². The maximum absolute atomic E-state index is 12.5. The summed E-state index contributed by atoms with van der Waals surface area (Å²) in [4.78, 5) is 25.0. The zero-order chi connectivity index (χ0) is 17.7. The molecular formula is C19H36O4. The van der Waals surface area contributed by atoms with E-state index in [2.05, 4.69) is 20.8 Å². The molecule has 0 atom stereocenters. The van der Waals surface area contributed by atoms with E-state index in [0.29, 0.717) is 32.0 Å². The fourth-order valence-corrected chi connectivity index (χ4v) is 2.60. The summed E-state index contributed by atoms with van der Waals surface area (Å²) in [6, 6.07) is 0. The molecule has 0 amide bonds. The summed E-state index contributed by atoms with van der Waals surface area (Å²) in [5.41, 5.74) is -1.14. The van der Waals surface area contributed by atoms with Gasteiger partial charge in [-0.3, -0.25) is 9.59 Å². The number of carbonyl (C=O) groups excluding carboxylic acids is 2. The molecule has 0 N–H and O–H groups in total. The van der Waals surface area contributed by atoms with Crippen LogP contribution in [0.1, 0.15) is 86.0 Å². The Balaban J connectivity index is 4.62. The Morgan fingerprint density at radius 2 is 1.39 bits per heavy atom. The minimum absolute atomic E-state index is 0.357. The molecule has 4 heteroatoms. The summed E-state index contributed by atoms with van der Waals surface area (Å²) in [5.74, 6) is -0.489. The molecule has 0 aromatic carbocycles. The summed E-state index contributed by atoms with van der Waals surface area (Å²) in [7, 11) is 0. The van der Waals surface area contributed by atoms with Gasteiger partial charge in [0.2, 0.25) is 0 Å². The van der Waals surface area contributed by atoms with Gasteiger partial charge in [-0.1, -0.05) is 66.7 Å². The highest BCUT2D eigenvalue weighted by molar-refractivity contribution is 5.99. The second-order valence-corrected chi connectivity index (χ2v) is 6.27. The maximum Gasteiger partial charge on any atom is 0.323 e. The van der Waals surface area contributed by atoms with Crippen molar-refractivity contribution >= 4 is 11.9 Å². The molecule has 0 aliphatic heterocycles. The van der Waals surface area contributed by atoms with Crippen molar-refractivity contribution in [3.05, 3.63) is 0 Å². The van der Waals surface area contributed by atoms with Gasteiger partial charge in [-0.2, -0.15) is 0 Å². The largest absolute Gasteiger partial charge is 0.465 e. The quantitative estimate of drug-likeness (QED) is 0.274. The molecule has 0 fully saturated rings. The molecule has 0 aromatic rings. The average molecular weight is 328 g/mol. The Morgan fingerprint density at radius 1 is 0.826 bits per heavy atom. The van der Waals surface area contributed by atoms with E-state index in [1.54, 1.807) is 0 Å². The Hall–Kier alpha value is -1.06. The molecule has 0 aliphatic carbocycles. The zero-order valence-electron chi connectivity index (χ0n) is 15.8. The molecule has 0 bridgehead atoms. The number of carbonyl (C=O) groups is 2. The zero-order valence-corrected chi connectivity index (χ0v) is 15.8. The van der Waals surface area contributed by atoms with Gasteiger partial charge in [0, 0.05) is 0 Å². The van der Waals surface area contributed by atoms with Crippen molar-refractivity contribution in [2.24, 2.45) is 11.3 Å². The second kappa shape index (κ2) is 12.4. The van der Waals surface area contributed by atoms with E-state index in [0.717, 1.165) is 38.5 Å². The first-order chi connectivity index (χ1) is 11.0. The summed E-state index contributed by atoms with van der Waals surface area (Å²) in [6.45, 7) is 10.8. The van der Waals surface area contributed by atoms with Crippen molar-refractivity contribution < 1.29 is 19.1 Å². The van der Waals surface area contributed by atoms with Crippen LogP contribution in [0.5, 0.6) is 0 Å². The minimum atomic E-state index is -1.14. The molecule has 0 unspecified atom stereocenters. The van der Waals surface area contributed by atoms with Crippen LogP contribution in [-0.4, -0.2) is 25.2 Å². The van der Waals surface area contributed by atoms with Crippen LogP contribution in [0.25, 0.3) is 0 Å². The first-order valence-electron chi connectivity index (χ1n) is 9.36. The topological polar surface area (TPSA) is 52.6 Å².